The predicted octanol–water partition coefficient (Wildman–Crippen LogP) is 2.73. The normalized spacial score (nSPS) is 11.0. The number of halogens is 3. The van der Waals surface area contributed by atoms with Gasteiger partial charge in [0.2, 0.25) is 5.91 Å². The van der Waals surface area contributed by atoms with E-state index in [1.807, 2.05) is 6.92 Å². The first-order chi connectivity index (χ1) is 12.3. The van der Waals surface area contributed by atoms with E-state index in [-0.39, 0.29) is 0 Å². The maximum absolute atomic E-state index is 13.5. The Kier molecular flexibility index (Phi) is 4.68. The van der Waals surface area contributed by atoms with Crippen LogP contribution in [0.4, 0.5) is 18.9 Å². The molecule has 0 radical (unpaired) electrons. The summed E-state index contributed by atoms with van der Waals surface area (Å²) in [6, 6.07) is 3.26. The first-order valence-corrected chi connectivity index (χ1v) is 8.24. The molecule has 0 spiro atoms. The first-order valence-electron chi connectivity index (χ1n) is 7.42. The standard InChI is InChI=1S/C16H13F3N4O2S/c1-7-8-5-11(26-16(8)23(2)22-7)15(25)20-6-12(24)21-10-4-3-9(17)13(18)14(10)19/h3-5H,6H2,1-2H3,(H,20,25)(H,21,24). The van der Waals surface area contributed by atoms with Crippen molar-refractivity contribution in [2.75, 3.05) is 11.9 Å². The lowest BCUT2D eigenvalue weighted by Gasteiger charge is -2.08. The Hall–Kier alpha value is -2.88. The predicted molar refractivity (Wildman–Crippen MR) is 90.6 cm³/mol. The minimum absolute atomic E-state index is 0.392. The topological polar surface area (TPSA) is 76.0 Å². The molecule has 2 amide bonds. The van der Waals surface area contributed by atoms with Crippen molar-refractivity contribution in [1.29, 1.82) is 0 Å². The molecule has 0 atom stereocenters. The summed E-state index contributed by atoms with van der Waals surface area (Å²) in [4.78, 5) is 25.2. The van der Waals surface area contributed by atoms with Crippen molar-refractivity contribution in [1.82, 2.24) is 15.1 Å². The maximum Gasteiger partial charge on any atom is 0.261 e. The van der Waals surface area contributed by atoms with Crippen LogP contribution in [-0.4, -0.2) is 28.1 Å². The van der Waals surface area contributed by atoms with Crippen molar-refractivity contribution in [3.8, 4) is 0 Å². The Labute approximate surface area is 149 Å². The Morgan fingerprint density at radius 1 is 1.23 bits per heavy atom. The second-order valence-electron chi connectivity index (χ2n) is 5.49. The molecule has 1 aromatic carbocycles. The van der Waals surface area contributed by atoms with E-state index in [4.69, 9.17) is 0 Å². The summed E-state index contributed by atoms with van der Waals surface area (Å²) < 4.78 is 41.2. The number of carbonyl (C=O) groups is 2. The molecule has 3 rings (SSSR count). The largest absolute Gasteiger partial charge is 0.342 e. The number of fused-ring (bicyclic) bond motifs is 1. The molecule has 2 N–H and O–H groups in total. The Morgan fingerprint density at radius 2 is 1.96 bits per heavy atom. The molecule has 0 saturated carbocycles. The maximum atomic E-state index is 13.5. The number of benzene rings is 1. The van der Waals surface area contributed by atoms with Crippen molar-refractivity contribution in [2.24, 2.45) is 7.05 Å². The van der Waals surface area contributed by atoms with Gasteiger partial charge in [-0.3, -0.25) is 14.3 Å². The van der Waals surface area contributed by atoms with Crippen LogP contribution in [0.2, 0.25) is 0 Å². The molecule has 3 aromatic rings. The average Bonchev–Trinajstić information content (AvgIpc) is 3.15. The Morgan fingerprint density at radius 3 is 2.65 bits per heavy atom. The van der Waals surface area contributed by atoms with Gasteiger partial charge in [-0.05, 0) is 25.1 Å². The van der Waals surface area contributed by atoms with Gasteiger partial charge < -0.3 is 10.6 Å². The quantitative estimate of drug-likeness (QED) is 0.682. The highest BCUT2D eigenvalue weighted by molar-refractivity contribution is 7.20. The minimum atomic E-state index is -1.68. The average molecular weight is 382 g/mol. The van der Waals surface area contributed by atoms with Crippen LogP contribution in [0.25, 0.3) is 10.2 Å². The molecular weight excluding hydrogens is 369 g/mol. The van der Waals surface area contributed by atoms with Gasteiger partial charge in [-0.25, -0.2) is 13.2 Å². The third kappa shape index (κ3) is 3.27. The van der Waals surface area contributed by atoms with Crippen LogP contribution >= 0.6 is 11.3 Å². The lowest BCUT2D eigenvalue weighted by atomic mass is 10.2. The van der Waals surface area contributed by atoms with Crippen LogP contribution in [-0.2, 0) is 11.8 Å². The molecule has 6 nitrogen and oxygen atoms in total. The van der Waals surface area contributed by atoms with E-state index in [2.05, 4.69) is 15.7 Å². The van der Waals surface area contributed by atoms with E-state index in [1.54, 1.807) is 17.8 Å². The van der Waals surface area contributed by atoms with Gasteiger partial charge in [-0.15, -0.1) is 11.3 Å². The zero-order valence-electron chi connectivity index (χ0n) is 13.7. The van der Waals surface area contributed by atoms with Gasteiger partial charge in [-0.1, -0.05) is 0 Å². The van der Waals surface area contributed by atoms with Gasteiger partial charge in [-0.2, -0.15) is 5.10 Å². The summed E-state index contributed by atoms with van der Waals surface area (Å²) in [6.45, 7) is 1.36. The van der Waals surface area contributed by atoms with Crippen molar-refractivity contribution in [3.63, 3.8) is 0 Å². The van der Waals surface area contributed by atoms with Crippen LogP contribution < -0.4 is 10.6 Å². The molecule has 26 heavy (non-hydrogen) atoms. The Balaban J connectivity index is 1.64. The van der Waals surface area contributed by atoms with Gasteiger partial charge in [0.1, 0.15) is 4.83 Å². The molecule has 0 aliphatic rings. The fourth-order valence-corrected chi connectivity index (χ4v) is 3.42. The number of hydrogen-bond donors (Lipinski definition) is 2. The van der Waals surface area contributed by atoms with E-state index in [9.17, 15) is 22.8 Å². The summed E-state index contributed by atoms with van der Waals surface area (Å²) in [7, 11) is 1.76. The number of nitrogens with one attached hydrogen (secondary N) is 2. The van der Waals surface area contributed by atoms with E-state index >= 15 is 0 Å². The number of hydrogen-bond acceptors (Lipinski definition) is 4. The van der Waals surface area contributed by atoms with Crippen LogP contribution in [0.3, 0.4) is 0 Å². The number of thiophene rings is 1. The molecule has 2 heterocycles. The highest BCUT2D eigenvalue weighted by Crippen LogP contribution is 2.27. The number of amides is 2. The molecule has 0 aliphatic carbocycles. The summed E-state index contributed by atoms with van der Waals surface area (Å²) in [5.74, 6) is -5.80. The molecule has 0 saturated heterocycles. The highest BCUT2D eigenvalue weighted by Gasteiger charge is 2.17. The molecule has 0 bridgehead atoms. The lowest BCUT2D eigenvalue weighted by molar-refractivity contribution is -0.115. The lowest BCUT2D eigenvalue weighted by Crippen LogP contribution is -2.32. The third-order valence-corrected chi connectivity index (χ3v) is 4.84. The van der Waals surface area contributed by atoms with Gasteiger partial charge in [0.05, 0.1) is 22.8 Å². The molecule has 2 aromatic heterocycles. The number of anilines is 1. The van der Waals surface area contributed by atoms with Crippen LogP contribution in [0, 0.1) is 24.4 Å². The second-order valence-corrected chi connectivity index (χ2v) is 6.52. The number of aromatic nitrogens is 2. The number of nitrogens with zero attached hydrogens (tertiary/aromatic N) is 2. The van der Waals surface area contributed by atoms with Gasteiger partial charge in [0.25, 0.3) is 5.91 Å². The molecule has 0 aliphatic heterocycles. The van der Waals surface area contributed by atoms with Crippen LogP contribution in [0.15, 0.2) is 18.2 Å². The Bertz CT molecular complexity index is 994. The molecule has 0 unspecified atom stereocenters. The summed E-state index contributed by atoms with van der Waals surface area (Å²) >= 11 is 1.22. The highest BCUT2D eigenvalue weighted by atomic mass is 32.1. The van der Waals surface area contributed by atoms with E-state index < -0.39 is 41.5 Å². The fourth-order valence-electron chi connectivity index (χ4n) is 2.38. The van der Waals surface area contributed by atoms with Crippen molar-refractivity contribution in [2.45, 2.75) is 6.92 Å². The summed E-state index contributed by atoms with van der Waals surface area (Å²) in [6.07, 6.45) is 0. The van der Waals surface area contributed by atoms with Crippen molar-refractivity contribution >= 4 is 39.1 Å². The van der Waals surface area contributed by atoms with E-state index in [1.165, 1.54) is 11.3 Å². The molecule has 136 valence electrons. The zero-order chi connectivity index (χ0) is 19.0. The molecular formula is C16H13F3N4O2S. The molecule has 0 fully saturated rings. The fraction of sp³-hybridized carbons (Fsp3) is 0.188. The number of rotatable bonds is 4. The third-order valence-electron chi connectivity index (χ3n) is 3.64. The van der Waals surface area contributed by atoms with Gasteiger partial charge in [0.15, 0.2) is 17.5 Å². The first kappa shape index (κ1) is 17.9. The van der Waals surface area contributed by atoms with Crippen LogP contribution in [0.5, 0.6) is 0 Å². The van der Waals surface area contributed by atoms with Crippen molar-refractivity contribution < 1.29 is 22.8 Å². The van der Waals surface area contributed by atoms with Crippen molar-refractivity contribution in [3.05, 3.63) is 46.2 Å². The second kappa shape index (κ2) is 6.79. The number of carbonyl (C=O) groups excluding carboxylic acids is 2. The van der Waals surface area contributed by atoms with Gasteiger partial charge in [0, 0.05) is 12.4 Å². The number of aryl methyl sites for hydroxylation is 2. The monoisotopic (exact) mass is 382 g/mol. The van der Waals surface area contributed by atoms with Gasteiger partial charge >= 0.3 is 0 Å². The summed E-state index contributed by atoms with van der Waals surface area (Å²) in [5, 5.41) is 9.55. The molecule has 10 heteroatoms. The zero-order valence-corrected chi connectivity index (χ0v) is 14.5. The van der Waals surface area contributed by atoms with E-state index in [0.717, 1.165) is 22.0 Å². The minimum Gasteiger partial charge on any atom is -0.342 e. The van der Waals surface area contributed by atoms with Crippen LogP contribution in [0.1, 0.15) is 15.4 Å². The smallest absolute Gasteiger partial charge is 0.261 e. The summed E-state index contributed by atoms with van der Waals surface area (Å²) in [5.41, 5.74) is 0.274. The SMILES string of the molecule is Cc1nn(C)c2sc(C(=O)NCC(=O)Nc3ccc(F)c(F)c3F)cc12. The van der Waals surface area contributed by atoms with E-state index in [0.29, 0.717) is 10.9 Å².